The minimum absolute atomic E-state index is 0.514. The third-order valence-corrected chi connectivity index (χ3v) is 2.73. The average Bonchev–Trinajstić information content (AvgIpc) is 2.42. The number of methoxy groups -OCH3 is 2. The summed E-state index contributed by atoms with van der Waals surface area (Å²) in [5.74, 6) is 1.34. The number of hydrogen-bond acceptors (Lipinski definition) is 5. The van der Waals surface area contributed by atoms with E-state index in [1.165, 1.54) is 0 Å². The Labute approximate surface area is 108 Å². The molecule has 0 N–H and O–H groups in total. The van der Waals surface area contributed by atoms with Crippen molar-refractivity contribution < 1.29 is 9.47 Å². The van der Waals surface area contributed by atoms with Crippen molar-refractivity contribution in [1.29, 1.82) is 5.26 Å². The van der Waals surface area contributed by atoms with Gasteiger partial charge in [0.05, 0.1) is 20.3 Å². The third-order valence-electron chi connectivity index (χ3n) is 2.73. The van der Waals surface area contributed by atoms with Crippen LogP contribution in [0.25, 0.3) is 0 Å². The van der Waals surface area contributed by atoms with Crippen molar-refractivity contribution in [3.8, 4) is 17.6 Å². The van der Waals surface area contributed by atoms with Crippen molar-refractivity contribution >= 4 is 0 Å². The van der Waals surface area contributed by atoms with Gasteiger partial charge in [0, 0.05) is 31.8 Å². The van der Waals surface area contributed by atoms with E-state index in [9.17, 15) is 0 Å². The molecule has 98 valence electrons. The summed E-state index contributed by atoms with van der Waals surface area (Å²) in [5.41, 5.74) is 0.830. The molecular formula is C13H19N3O2. The molecule has 0 aliphatic rings. The molecule has 0 amide bonds. The molecule has 1 rings (SSSR count). The molecule has 0 saturated heterocycles. The van der Waals surface area contributed by atoms with Crippen LogP contribution in [0.1, 0.15) is 19.0 Å². The molecule has 0 fully saturated rings. The number of rotatable bonds is 7. The van der Waals surface area contributed by atoms with E-state index in [0.717, 1.165) is 18.8 Å². The van der Waals surface area contributed by atoms with Gasteiger partial charge in [0.2, 0.25) is 0 Å². The van der Waals surface area contributed by atoms with E-state index in [2.05, 4.69) is 22.9 Å². The molecule has 1 aromatic rings. The highest BCUT2D eigenvalue weighted by atomic mass is 16.5. The maximum absolute atomic E-state index is 8.62. The van der Waals surface area contributed by atoms with Crippen LogP contribution in [0, 0.1) is 11.3 Å². The maximum Gasteiger partial charge on any atom is 0.183 e. The first-order valence-electron chi connectivity index (χ1n) is 5.92. The predicted octanol–water partition coefficient (Wildman–Crippen LogP) is 1.83. The van der Waals surface area contributed by atoms with Gasteiger partial charge in [0.25, 0.3) is 0 Å². The van der Waals surface area contributed by atoms with Gasteiger partial charge in [-0.25, -0.2) is 0 Å². The van der Waals surface area contributed by atoms with Crippen molar-refractivity contribution in [2.75, 3.05) is 27.3 Å². The quantitative estimate of drug-likeness (QED) is 0.738. The Hall–Kier alpha value is -1.80. The van der Waals surface area contributed by atoms with Crippen molar-refractivity contribution in [3.05, 3.63) is 18.0 Å². The molecule has 0 saturated carbocycles. The molecule has 1 aromatic heterocycles. The topological polar surface area (TPSA) is 58.4 Å². The lowest BCUT2D eigenvalue weighted by atomic mass is 10.2. The highest BCUT2D eigenvalue weighted by Crippen LogP contribution is 2.29. The molecule has 1 heterocycles. The van der Waals surface area contributed by atoms with E-state index in [0.29, 0.717) is 24.5 Å². The summed E-state index contributed by atoms with van der Waals surface area (Å²) < 4.78 is 10.6. The van der Waals surface area contributed by atoms with Crippen LogP contribution >= 0.6 is 0 Å². The number of hydrogen-bond donors (Lipinski definition) is 0. The Bertz CT molecular complexity index is 415. The van der Waals surface area contributed by atoms with Gasteiger partial charge in [0.15, 0.2) is 11.5 Å². The molecule has 5 nitrogen and oxygen atoms in total. The van der Waals surface area contributed by atoms with Crippen molar-refractivity contribution in [2.45, 2.75) is 19.9 Å². The Balaban J connectivity index is 2.85. The second-order valence-electron chi connectivity index (χ2n) is 3.77. The SMILES string of the molecule is CCN(CCC#N)Cc1nccc(OC)c1OC. The Kier molecular flexibility index (Phi) is 5.95. The Morgan fingerprint density at radius 1 is 1.39 bits per heavy atom. The van der Waals surface area contributed by atoms with Crippen molar-refractivity contribution in [1.82, 2.24) is 9.88 Å². The van der Waals surface area contributed by atoms with Crippen LogP contribution in [0.2, 0.25) is 0 Å². The van der Waals surface area contributed by atoms with Gasteiger partial charge in [-0.05, 0) is 6.54 Å². The molecule has 0 atom stereocenters. The highest BCUT2D eigenvalue weighted by Gasteiger charge is 2.13. The normalized spacial score (nSPS) is 10.2. The molecule has 0 aliphatic carbocycles. The monoisotopic (exact) mass is 249 g/mol. The number of pyridine rings is 1. The van der Waals surface area contributed by atoms with Crippen LogP contribution < -0.4 is 9.47 Å². The van der Waals surface area contributed by atoms with Gasteiger partial charge in [0.1, 0.15) is 5.69 Å². The lowest BCUT2D eigenvalue weighted by molar-refractivity contribution is 0.273. The second kappa shape index (κ2) is 7.51. The fraction of sp³-hybridized carbons (Fsp3) is 0.538. The lowest BCUT2D eigenvalue weighted by Crippen LogP contribution is -2.24. The molecule has 5 heteroatoms. The lowest BCUT2D eigenvalue weighted by Gasteiger charge is -2.20. The standard InChI is InChI=1S/C13H19N3O2/c1-4-16(9-5-7-14)10-11-13(18-3)12(17-2)6-8-15-11/h6,8H,4-5,9-10H2,1-3H3. The first kappa shape index (κ1) is 14.3. The molecule has 0 aromatic carbocycles. The maximum atomic E-state index is 8.62. The van der Waals surface area contributed by atoms with Gasteiger partial charge in [-0.2, -0.15) is 5.26 Å². The van der Waals surface area contributed by atoms with Crippen LogP contribution in [-0.2, 0) is 6.54 Å². The highest BCUT2D eigenvalue weighted by molar-refractivity contribution is 5.42. The van der Waals surface area contributed by atoms with E-state index in [1.54, 1.807) is 26.5 Å². The van der Waals surface area contributed by atoms with E-state index < -0.39 is 0 Å². The predicted molar refractivity (Wildman–Crippen MR) is 68.5 cm³/mol. The van der Waals surface area contributed by atoms with Crippen molar-refractivity contribution in [3.63, 3.8) is 0 Å². The Morgan fingerprint density at radius 2 is 2.17 bits per heavy atom. The van der Waals surface area contributed by atoms with Crippen LogP contribution in [0.5, 0.6) is 11.5 Å². The minimum atomic E-state index is 0.514. The van der Waals surface area contributed by atoms with Crippen LogP contribution in [0.15, 0.2) is 12.3 Å². The summed E-state index contributed by atoms with van der Waals surface area (Å²) in [6, 6.07) is 3.92. The molecule has 0 radical (unpaired) electrons. The summed E-state index contributed by atoms with van der Waals surface area (Å²) in [4.78, 5) is 6.47. The van der Waals surface area contributed by atoms with Crippen LogP contribution in [0.3, 0.4) is 0 Å². The first-order valence-corrected chi connectivity index (χ1v) is 5.92. The summed E-state index contributed by atoms with van der Waals surface area (Å²) in [6.07, 6.45) is 2.22. The van der Waals surface area contributed by atoms with Gasteiger partial charge in [-0.3, -0.25) is 9.88 Å². The zero-order valence-corrected chi connectivity index (χ0v) is 11.1. The number of ether oxygens (including phenoxy) is 2. The largest absolute Gasteiger partial charge is 0.493 e. The molecule has 18 heavy (non-hydrogen) atoms. The third kappa shape index (κ3) is 3.60. The number of nitrogens with zero attached hydrogens (tertiary/aromatic N) is 3. The average molecular weight is 249 g/mol. The fourth-order valence-electron chi connectivity index (χ4n) is 1.73. The van der Waals surface area contributed by atoms with Gasteiger partial charge >= 0.3 is 0 Å². The molecule has 0 aliphatic heterocycles. The minimum Gasteiger partial charge on any atom is -0.493 e. The summed E-state index contributed by atoms with van der Waals surface area (Å²) in [7, 11) is 3.21. The molecule has 0 spiro atoms. The van der Waals surface area contributed by atoms with Gasteiger partial charge < -0.3 is 9.47 Å². The van der Waals surface area contributed by atoms with Crippen molar-refractivity contribution in [2.24, 2.45) is 0 Å². The molecular weight excluding hydrogens is 230 g/mol. The van der Waals surface area contributed by atoms with E-state index in [4.69, 9.17) is 14.7 Å². The van der Waals surface area contributed by atoms with Gasteiger partial charge in [-0.1, -0.05) is 6.92 Å². The first-order chi connectivity index (χ1) is 8.76. The van der Waals surface area contributed by atoms with E-state index >= 15 is 0 Å². The Morgan fingerprint density at radius 3 is 2.72 bits per heavy atom. The molecule has 0 bridgehead atoms. The summed E-state index contributed by atoms with van der Waals surface area (Å²) >= 11 is 0. The molecule has 0 unspecified atom stereocenters. The summed E-state index contributed by atoms with van der Waals surface area (Å²) in [6.45, 7) is 4.31. The van der Waals surface area contributed by atoms with Gasteiger partial charge in [-0.15, -0.1) is 0 Å². The number of nitriles is 1. The van der Waals surface area contributed by atoms with E-state index in [-0.39, 0.29) is 0 Å². The number of aromatic nitrogens is 1. The smallest absolute Gasteiger partial charge is 0.183 e. The zero-order valence-electron chi connectivity index (χ0n) is 11.1. The zero-order chi connectivity index (χ0) is 13.4. The van der Waals surface area contributed by atoms with Crippen LogP contribution in [-0.4, -0.2) is 37.2 Å². The fourth-order valence-corrected chi connectivity index (χ4v) is 1.73. The van der Waals surface area contributed by atoms with Crippen LogP contribution in [0.4, 0.5) is 0 Å². The summed E-state index contributed by atoms with van der Waals surface area (Å²) in [5, 5.41) is 8.62. The van der Waals surface area contributed by atoms with E-state index in [1.807, 2.05) is 0 Å². The second-order valence-corrected chi connectivity index (χ2v) is 3.77.